The van der Waals surface area contributed by atoms with Crippen molar-refractivity contribution < 1.29 is 17.9 Å². The van der Waals surface area contributed by atoms with Crippen LogP contribution in [0.3, 0.4) is 0 Å². The zero-order valence-corrected chi connectivity index (χ0v) is 19.4. The second-order valence-electron chi connectivity index (χ2n) is 6.54. The Morgan fingerprint density at radius 3 is 2.59 bits per heavy atom. The van der Waals surface area contributed by atoms with E-state index in [1.807, 2.05) is 6.07 Å². The Bertz CT molecular complexity index is 1110. The molecule has 0 spiro atoms. The third-order valence-electron chi connectivity index (χ3n) is 4.12. The molecule has 13 heteroatoms. The fraction of sp³-hybridized carbons (Fsp3) is 0.263. The van der Waals surface area contributed by atoms with Crippen molar-refractivity contribution in [2.75, 3.05) is 42.7 Å². The molecule has 0 atom stereocenters. The van der Waals surface area contributed by atoms with E-state index in [1.54, 1.807) is 49.7 Å². The van der Waals surface area contributed by atoms with Gasteiger partial charge in [-0.05, 0) is 47.3 Å². The van der Waals surface area contributed by atoms with E-state index < -0.39 is 10.0 Å². The van der Waals surface area contributed by atoms with Gasteiger partial charge in [-0.25, -0.2) is 13.4 Å². The molecule has 0 aliphatic carbocycles. The topological polar surface area (TPSA) is 121 Å². The molecule has 3 aromatic rings. The molecule has 2 aromatic heterocycles. The van der Waals surface area contributed by atoms with Gasteiger partial charge < -0.3 is 14.8 Å². The molecule has 0 radical (unpaired) electrons. The molecule has 10 nitrogen and oxygen atoms in total. The van der Waals surface area contributed by atoms with Crippen molar-refractivity contribution in [2.45, 2.75) is 0 Å². The average molecular weight is 501 g/mol. The second kappa shape index (κ2) is 11.3. The van der Waals surface area contributed by atoms with Crippen molar-refractivity contribution in [3.05, 3.63) is 48.7 Å². The molecular weight excluding hydrogens is 479 g/mol. The summed E-state index contributed by atoms with van der Waals surface area (Å²) in [5.74, 6) is 0.849. The third kappa shape index (κ3) is 7.53. The molecule has 0 unspecified atom stereocenters. The quantitative estimate of drug-likeness (QED) is 0.254. The molecule has 172 valence electrons. The van der Waals surface area contributed by atoms with Crippen molar-refractivity contribution in [1.82, 2.24) is 19.1 Å². The minimum Gasteiger partial charge on any atom is -0.475 e. The summed E-state index contributed by atoms with van der Waals surface area (Å²) in [6, 6.07) is 12.3. The summed E-state index contributed by atoms with van der Waals surface area (Å²) in [4.78, 5) is 4.15. The van der Waals surface area contributed by atoms with E-state index in [9.17, 15) is 8.42 Å². The Kier molecular flexibility index (Phi) is 8.53. The average Bonchev–Trinajstić information content (AvgIpc) is 3.22. The fourth-order valence-corrected chi connectivity index (χ4v) is 4.00. The summed E-state index contributed by atoms with van der Waals surface area (Å²) in [5, 5.41) is 10.4. The summed E-state index contributed by atoms with van der Waals surface area (Å²) in [6.45, 7) is 0.865. The number of hydrogen-bond acceptors (Lipinski definition) is 8. The number of ether oxygens (including phenoxy) is 2. The van der Waals surface area contributed by atoms with Gasteiger partial charge in [0.15, 0.2) is 5.82 Å². The fourth-order valence-electron chi connectivity index (χ4n) is 2.61. The minimum absolute atomic E-state index is 0.0152. The number of nitrogens with zero attached hydrogens (tertiary/aromatic N) is 3. The van der Waals surface area contributed by atoms with Gasteiger partial charge in [0, 0.05) is 43.4 Å². The molecule has 3 N–H and O–H groups in total. The van der Waals surface area contributed by atoms with E-state index in [0.717, 1.165) is 20.9 Å². The number of hydrogen-bond donors (Lipinski definition) is 3. The first kappa shape index (κ1) is 24.1. The van der Waals surface area contributed by atoms with E-state index in [1.165, 1.54) is 0 Å². The Hall–Kier alpha value is -2.57. The number of aromatic nitrogens is 3. The molecule has 0 aliphatic heterocycles. The number of pyridine rings is 1. The van der Waals surface area contributed by atoms with Crippen molar-refractivity contribution in [2.24, 2.45) is 0 Å². The zero-order valence-electron chi connectivity index (χ0n) is 17.1. The number of halogens is 2. The Labute approximate surface area is 196 Å². The highest BCUT2D eigenvalue weighted by Gasteiger charge is 2.12. The van der Waals surface area contributed by atoms with Gasteiger partial charge in [0.25, 0.3) is 0 Å². The summed E-state index contributed by atoms with van der Waals surface area (Å²) < 4.78 is 37.8. The van der Waals surface area contributed by atoms with Crippen molar-refractivity contribution in [3.63, 3.8) is 0 Å². The van der Waals surface area contributed by atoms with Gasteiger partial charge in [-0.3, -0.25) is 9.82 Å². The van der Waals surface area contributed by atoms with E-state index in [-0.39, 0.29) is 12.3 Å². The Morgan fingerprint density at radius 1 is 1.09 bits per heavy atom. The molecular formula is C19H22Cl2N6O4S. The highest BCUT2D eigenvalue weighted by atomic mass is 35.5. The van der Waals surface area contributed by atoms with Crippen LogP contribution >= 0.6 is 23.6 Å². The van der Waals surface area contributed by atoms with Crippen LogP contribution in [0.4, 0.5) is 17.2 Å². The summed E-state index contributed by atoms with van der Waals surface area (Å²) >= 11 is 10.9. The first-order chi connectivity index (χ1) is 15.3. The molecule has 3 rings (SSSR count). The predicted molar refractivity (Wildman–Crippen MR) is 125 cm³/mol. The number of rotatable bonds is 12. The Morgan fingerprint density at radius 2 is 1.88 bits per heavy atom. The SMILES string of the molecule is COCCOc1cc(Nc2cc(-c3ccc(NS(=O)(=O)CCN(Cl)Cl)cc3)[nH]n2)ccn1. The predicted octanol–water partition coefficient (Wildman–Crippen LogP) is 3.59. The Balaban J connectivity index is 1.61. The number of aromatic amines is 1. The highest BCUT2D eigenvalue weighted by molar-refractivity contribution is 7.92. The normalized spacial score (nSPS) is 11.5. The molecule has 1 aromatic carbocycles. The summed E-state index contributed by atoms with van der Waals surface area (Å²) in [7, 11) is -1.96. The maximum atomic E-state index is 12.0. The van der Waals surface area contributed by atoms with Gasteiger partial charge in [0.05, 0.1) is 18.1 Å². The van der Waals surface area contributed by atoms with Crippen molar-refractivity contribution >= 4 is 50.8 Å². The number of H-pyrrole nitrogens is 1. The van der Waals surface area contributed by atoms with Gasteiger partial charge in [-0.2, -0.15) is 5.10 Å². The summed E-state index contributed by atoms with van der Waals surface area (Å²) in [6.07, 6.45) is 1.63. The van der Waals surface area contributed by atoms with Crippen LogP contribution in [0, 0.1) is 0 Å². The van der Waals surface area contributed by atoms with Gasteiger partial charge in [0.1, 0.15) is 6.61 Å². The lowest BCUT2D eigenvalue weighted by molar-refractivity contribution is 0.144. The van der Waals surface area contributed by atoms with E-state index in [4.69, 9.17) is 33.0 Å². The maximum absolute atomic E-state index is 12.0. The van der Waals surface area contributed by atoms with Gasteiger partial charge in [0.2, 0.25) is 15.9 Å². The van der Waals surface area contributed by atoms with Gasteiger partial charge in [-0.15, -0.1) is 3.94 Å². The molecule has 32 heavy (non-hydrogen) atoms. The van der Waals surface area contributed by atoms with Crippen LogP contribution in [0.25, 0.3) is 11.3 Å². The second-order valence-corrected chi connectivity index (χ2v) is 9.37. The number of anilines is 3. The number of methoxy groups -OCH3 is 1. The van der Waals surface area contributed by atoms with Crippen LogP contribution in [0.15, 0.2) is 48.7 Å². The lowest BCUT2D eigenvalue weighted by atomic mass is 10.1. The van der Waals surface area contributed by atoms with E-state index in [0.29, 0.717) is 30.6 Å². The maximum Gasteiger partial charge on any atom is 0.234 e. The lowest BCUT2D eigenvalue weighted by Crippen LogP contribution is -2.22. The van der Waals surface area contributed by atoms with Crippen LogP contribution in [0.1, 0.15) is 0 Å². The smallest absolute Gasteiger partial charge is 0.234 e. The molecule has 0 amide bonds. The van der Waals surface area contributed by atoms with Gasteiger partial charge >= 0.3 is 0 Å². The van der Waals surface area contributed by atoms with Crippen LogP contribution in [0.2, 0.25) is 0 Å². The molecule has 0 saturated carbocycles. The van der Waals surface area contributed by atoms with Crippen LogP contribution in [-0.4, -0.2) is 60.2 Å². The standard InChI is InChI=1S/C19H22Cl2N6O4S/c1-30-9-10-31-19-12-16(6-7-22-19)23-18-13-17(24-25-18)14-2-4-15(5-3-14)26-32(28,29)11-8-27(20)21/h2-7,12-13,26H,8-11H2,1H3,(H2,22,23,24,25). The number of sulfonamides is 1. The molecule has 0 aliphatic rings. The van der Waals surface area contributed by atoms with Gasteiger partial charge in [-0.1, -0.05) is 12.1 Å². The first-order valence-corrected chi connectivity index (χ1v) is 11.8. The van der Waals surface area contributed by atoms with Crippen LogP contribution in [0.5, 0.6) is 5.88 Å². The molecule has 0 fully saturated rings. The number of nitrogens with one attached hydrogen (secondary N) is 3. The van der Waals surface area contributed by atoms with Crippen molar-refractivity contribution in [3.8, 4) is 17.1 Å². The van der Waals surface area contributed by atoms with E-state index in [2.05, 4.69) is 25.2 Å². The largest absolute Gasteiger partial charge is 0.475 e. The van der Waals surface area contributed by atoms with E-state index >= 15 is 0 Å². The highest BCUT2D eigenvalue weighted by Crippen LogP contribution is 2.24. The molecule has 0 bridgehead atoms. The van der Waals surface area contributed by atoms with Crippen LogP contribution < -0.4 is 14.8 Å². The van der Waals surface area contributed by atoms with Crippen molar-refractivity contribution in [1.29, 1.82) is 0 Å². The lowest BCUT2D eigenvalue weighted by Gasteiger charge is -2.09. The zero-order chi connectivity index (χ0) is 23.0. The monoisotopic (exact) mass is 500 g/mol. The molecule has 0 saturated heterocycles. The number of benzene rings is 1. The third-order valence-corrected chi connectivity index (χ3v) is 5.73. The minimum atomic E-state index is -3.56. The molecule has 2 heterocycles. The summed E-state index contributed by atoms with van der Waals surface area (Å²) in [5.41, 5.74) is 2.79. The van der Waals surface area contributed by atoms with Crippen LogP contribution in [-0.2, 0) is 14.8 Å². The first-order valence-electron chi connectivity index (χ1n) is 9.45.